The second-order valence-corrected chi connectivity index (χ2v) is 4.95. The molecule has 0 radical (unpaired) electrons. The average Bonchev–Trinajstić information content (AvgIpc) is 2.74. The van der Waals surface area contributed by atoms with E-state index in [1.165, 1.54) is 17.4 Å². The molecule has 0 bridgehead atoms. The Kier molecular flexibility index (Phi) is 3.41. The molecule has 2 nitrogen and oxygen atoms in total. The highest BCUT2D eigenvalue weighted by Crippen LogP contribution is 2.31. The van der Waals surface area contributed by atoms with Crippen molar-refractivity contribution in [1.82, 2.24) is 4.98 Å². The number of aryl methyl sites for hydroxylation is 1. The number of thiazole rings is 1. The number of aromatic nitrogens is 1. The van der Waals surface area contributed by atoms with Gasteiger partial charge in [0.15, 0.2) is 0 Å². The summed E-state index contributed by atoms with van der Waals surface area (Å²) in [5, 5.41) is 2.60. The van der Waals surface area contributed by atoms with Crippen LogP contribution in [0.1, 0.15) is 27.9 Å². The Morgan fingerprint density at radius 2 is 2.06 bits per heavy atom. The third kappa shape index (κ3) is 2.70. The number of benzene rings is 1. The minimum Gasteiger partial charge on any atom is -0.319 e. The Morgan fingerprint density at radius 3 is 2.61 bits per heavy atom. The summed E-state index contributed by atoms with van der Waals surface area (Å²) in [6.45, 7) is 1.83. The van der Waals surface area contributed by atoms with Crippen molar-refractivity contribution in [3.63, 3.8) is 0 Å². The standard InChI is InChI=1S/C12H11F3N2S/c1-7-17-10(6-18-7)11(16)8-3-2-4-9(5-8)12(13,14)15/h2-6,11H,16H2,1H3. The van der Waals surface area contributed by atoms with Crippen LogP contribution >= 0.6 is 11.3 Å². The van der Waals surface area contributed by atoms with E-state index in [-0.39, 0.29) is 0 Å². The van der Waals surface area contributed by atoms with Crippen LogP contribution < -0.4 is 5.73 Å². The molecule has 0 aliphatic carbocycles. The quantitative estimate of drug-likeness (QED) is 0.908. The van der Waals surface area contributed by atoms with E-state index in [2.05, 4.69) is 4.98 Å². The molecule has 2 N–H and O–H groups in total. The first-order valence-electron chi connectivity index (χ1n) is 5.22. The van der Waals surface area contributed by atoms with E-state index in [1.54, 1.807) is 11.4 Å². The van der Waals surface area contributed by atoms with Gasteiger partial charge in [-0.1, -0.05) is 12.1 Å². The first-order valence-corrected chi connectivity index (χ1v) is 6.10. The fourth-order valence-corrected chi connectivity index (χ4v) is 2.25. The number of nitrogens with two attached hydrogens (primary N) is 1. The van der Waals surface area contributed by atoms with Crippen LogP contribution in [0.3, 0.4) is 0 Å². The maximum absolute atomic E-state index is 12.6. The van der Waals surface area contributed by atoms with Crippen molar-refractivity contribution in [2.24, 2.45) is 5.73 Å². The first-order chi connectivity index (χ1) is 8.38. The van der Waals surface area contributed by atoms with Gasteiger partial charge in [-0.15, -0.1) is 11.3 Å². The van der Waals surface area contributed by atoms with Crippen LogP contribution in [0.15, 0.2) is 29.6 Å². The average molecular weight is 272 g/mol. The zero-order valence-electron chi connectivity index (χ0n) is 9.53. The summed E-state index contributed by atoms with van der Waals surface area (Å²) < 4.78 is 37.8. The Bertz CT molecular complexity index is 548. The summed E-state index contributed by atoms with van der Waals surface area (Å²) in [6, 6.07) is 4.41. The number of alkyl halides is 3. The maximum atomic E-state index is 12.6. The van der Waals surface area contributed by atoms with Gasteiger partial charge >= 0.3 is 6.18 Å². The second kappa shape index (κ2) is 4.70. The molecule has 6 heteroatoms. The third-order valence-electron chi connectivity index (χ3n) is 2.53. The van der Waals surface area contributed by atoms with Gasteiger partial charge in [0.1, 0.15) is 0 Å². The van der Waals surface area contributed by atoms with E-state index in [0.717, 1.165) is 17.1 Å². The van der Waals surface area contributed by atoms with E-state index in [9.17, 15) is 13.2 Å². The van der Waals surface area contributed by atoms with Gasteiger partial charge in [0.2, 0.25) is 0 Å². The van der Waals surface area contributed by atoms with Gasteiger partial charge in [0.25, 0.3) is 0 Å². The van der Waals surface area contributed by atoms with Crippen LogP contribution in [-0.2, 0) is 6.18 Å². The molecule has 1 unspecified atom stereocenters. The molecule has 1 heterocycles. The summed E-state index contributed by atoms with van der Waals surface area (Å²) in [7, 11) is 0. The summed E-state index contributed by atoms with van der Waals surface area (Å²) in [6.07, 6.45) is -4.35. The molecule has 0 amide bonds. The lowest BCUT2D eigenvalue weighted by Gasteiger charge is -2.12. The van der Waals surface area contributed by atoms with Crippen LogP contribution in [0.4, 0.5) is 13.2 Å². The van der Waals surface area contributed by atoms with Gasteiger partial charge in [0, 0.05) is 5.38 Å². The summed E-state index contributed by atoms with van der Waals surface area (Å²) in [4.78, 5) is 4.19. The van der Waals surface area contributed by atoms with Gasteiger partial charge < -0.3 is 5.73 Å². The minimum absolute atomic E-state index is 0.412. The third-order valence-corrected chi connectivity index (χ3v) is 3.32. The summed E-state index contributed by atoms with van der Waals surface area (Å²) in [5.74, 6) is 0. The van der Waals surface area contributed by atoms with Crippen molar-refractivity contribution in [3.8, 4) is 0 Å². The highest BCUT2D eigenvalue weighted by atomic mass is 32.1. The lowest BCUT2D eigenvalue weighted by molar-refractivity contribution is -0.137. The van der Waals surface area contributed by atoms with Gasteiger partial charge in [-0.25, -0.2) is 4.98 Å². The lowest BCUT2D eigenvalue weighted by atomic mass is 10.0. The second-order valence-electron chi connectivity index (χ2n) is 3.89. The Hall–Kier alpha value is -1.40. The SMILES string of the molecule is Cc1nc(C(N)c2cccc(C(F)(F)F)c2)cs1. The van der Waals surface area contributed by atoms with E-state index in [1.807, 2.05) is 6.92 Å². The predicted molar refractivity (Wildman–Crippen MR) is 64.3 cm³/mol. The van der Waals surface area contributed by atoms with Gasteiger partial charge in [-0.05, 0) is 24.6 Å². The topological polar surface area (TPSA) is 38.9 Å². The van der Waals surface area contributed by atoms with Crippen LogP contribution in [0.25, 0.3) is 0 Å². The number of hydrogen-bond donors (Lipinski definition) is 1. The molecule has 18 heavy (non-hydrogen) atoms. The number of nitrogens with zero attached hydrogens (tertiary/aromatic N) is 1. The highest BCUT2D eigenvalue weighted by molar-refractivity contribution is 7.09. The van der Waals surface area contributed by atoms with E-state index < -0.39 is 17.8 Å². The molecule has 0 spiro atoms. The smallest absolute Gasteiger partial charge is 0.319 e. The summed E-state index contributed by atoms with van der Waals surface area (Å²) >= 11 is 1.42. The summed E-state index contributed by atoms with van der Waals surface area (Å²) in [5.41, 5.74) is 6.23. The van der Waals surface area contributed by atoms with Crippen molar-refractivity contribution in [2.45, 2.75) is 19.1 Å². The lowest BCUT2D eigenvalue weighted by Crippen LogP contribution is -2.14. The van der Waals surface area contributed by atoms with E-state index in [4.69, 9.17) is 5.73 Å². The molecule has 0 saturated heterocycles. The fourth-order valence-electron chi connectivity index (χ4n) is 1.60. The molecule has 1 aromatic carbocycles. The Labute approximate surface area is 106 Å². The first kappa shape index (κ1) is 13.0. The highest BCUT2D eigenvalue weighted by Gasteiger charge is 2.30. The molecular formula is C12H11F3N2S. The normalized spacial score (nSPS) is 13.6. The van der Waals surface area contributed by atoms with E-state index >= 15 is 0 Å². The molecule has 1 atom stereocenters. The van der Waals surface area contributed by atoms with E-state index in [0.29, 0.717) is 11.3 Å². The Balaban J connectivity index is 2.34. The number of halogens is 3. The molecule has 0 saturated carbocycles. The largest absolute Gasteiger partial charge is 0.416 e. The zero-order chi connectivity index (χ0) is 13.3. The van der Waals surface area contributed by atoms with Crippen molar-refractivity contribution in [2.75, 3.05) is 0 Å². The molecule has 0 aliphatic heterocycles. The monoisotopic (exact) mass is 272 g/mol. The van der Waals surface area contributed by atoms with Crippen molar-refractivity contribution >= 4 is 11.3 Å². The fraction of sp³-hybridized carbons (Fsp3) is 0.250. The minimum atomic E-state index is -4.35. The Morgan fingerprint density at radius 1 is 1.33 bits per heavy atom. The molecule has 1 aromatic heterocycles. The van der Waals surface area contributed by atoms with Crippen molar-refractivity contribution in [3.05, 3.63) is 51.5 Å². The molecule has 0 aliphatic rings. The van der Waals surface area contributed by atoms with Crippen LogP contribution in [0, 0.1) is 6.92 Å². The van der Waals surface area contributed by atoms with Gasteiger partial charge in [0.05, 0.1) is 22.3 Å². The molecule has 2 rings (SSSR count). The molecule has 2 aromatic rings. The van der Waals surface area contributed by atoms with Gasteiger partial charge in [-0.2, -0.15) is 13.2 Å². The van der Waals surface area contributed by atoms with Crippen molar-refractivity contribution in [1.29, 1.82) is 0 Å². The van der Waals surface area contributed by atoms with Crippen LogP contribution in [0.5, 0.6) is 0 Å². The zero-order valence-corrected chi connectivity index (χ0v) is 10.3. The van der Waals surface area contributed by atoms with Crippen molar-refractivity contribution < 1.29 is 13.2 Å². The van der Waals surface area contributed by atoms with Crippen LogP contribution in [-0.4, -0.2) is 4.98 Å². The van der Waals surface area contributed by atoms with Crippen LogP contribution in [0.2, 0.25) is 0 Å². The van der Waals surface area contributed by atoms with Gasteiger partial charge in [-0.3, -0.25) is 0 Å². The molecular weight excluding hydrogens is 261 g/mol. The molecule has 0 fully saturated rings. The predicted octanol–water partition coefficient (Wildman–Crippen LogP) is 3.52. The number of rotatable bonds is 2. The molecule has 96 valence electrons. The maximum Gasteiger partial charge on any atom is 0.416 e. The number of hydrogen-bond acceptors (Lipinski definition) is 3.